The van der Waals surface area contributed by atoms with Crippen LogP contribution in [-0.4, -0.2) is 70.5 Å². The maximum atomic E-state index is 12.8. The van der Waals surface area contributed by atoms with Gasteiger partial charge >= 0.3 is 15.6 Å². The second-order valence-corrected chi connectivity index (χ2v) is 9.26. The minimum absolute atomic E-state index is 0.0416. The van der Waals surface area contributed by atoms with Gasteiger partial charge in [-0.15, -0.1) is 0 Å². The van der Waals surface area contributed by atoms with Crippen molar-refractivity contribution in [2.45, 2.75) is 38.8 Å². The molecule has 0 spiro atoms. The number of hydrogen-bond donors (Lipinski definition) is 0. The number of methoxy groups -OCH3 is 1. The number of morpholine rings is 1. The lowest BCUT2D eigenvalue weighted by molar-refractivity contribution is -0.0501. The molecule has 1 aliphatic rings. The molecule has 0 atom stereocenters. The molecule has 0 amide bonds. The highest BCUT2D eigenvalue weighted by molar-refractivity contribution is 7.87. The molecule has 0 bridgehead atoms. The van der Waals surface area contributed by atoms with Crippen LogP contribution in [0, 0.1) is 0 Å². The lowest BCUT2D eigenvalue weighted by atomic mass is 10.1. The number of nitrogens with zero attached hydrogens (tertiary/aromatic N) is 3. The largest absolute Gasteiger partial charge is 0.534 e. The molecule has 202 valence electrons. The number of unbranched alkanes of at least 4 members (excludes halogenated alkanes) is 1. The summed E-state index contributed by atoms with van der Waals surface area (Å²) in [5.41, 5.74) is -4.07. The van der Waals surface area contributed by atoms with Gasteiger partial charge in [0, 0.05) is 31.8 Å². The standard InChI is InChI=1S/C19H22F3N3O6S.C4H10/c1-28-9-10-30-13-14-3-2-4-15(11-14)16-12-17(31-32(26,27)19(20,21)22)24-18(23-16)25-5-7-29-8-6-25;1-3-4-2/h2-4,11-12H,5-10,13H2,1H3;3-4H2,1-2H3. The fraction of sp³-hybridized carbons (Fsp3) is 0.565. The van der Waals surface area contributed by atoms with E-state index >= 15 is 0 Å². The highest BCUT2D eigenvalue weighted by atomic mass is 32.2. The number of rotatable bonds is 10. The zero-order chi connectivity index (χ0) is 26.6. The van der Waals surface area contributed by atoms with Gasteiger partial charge in [0.25, 0.3) is 0 Å². The van der Waals surface area contributed by atoms with E-state index < -0.39 is 21.5 Å². The monoisotopic (exact) mass is 535 g/mol. The van der Waals surface area contributed by atoms with Gasteiger partial charge < -0.3 is 23.3 Å². The van der Waals surface area contributed by atoms with E-state index in [1.54, 1.807) is 30.2 Å². The van der Waals surface area contributed by atoms with Crippen molar-refractivity contribution in [1.82, 2.24) is 9.97 Å². The zero-order valence-corrected chi connectivity index (χ0v) is 21.4. The summed E-state index contributed by atoms with van der Waals surface area (Å²) in [5, 5.41) is 0. The van der Waals surface area contributed by atoms with E-state index in [-0.39, 0.29) is 18.2 Å². The van der Waals surface area contributed by atoms with Crippen molar-refractivity contribution >= 4 is 16.1 Å². The molecule has 1 saturated heterocycles. The van der Waals surface area contributed by atoms with Gasteiger partial charge in [0.05, 0.1) is 38.7 Å². The van der Waals surface area contributed by atoms with E-state index in [0.29, 0.717) is 45.1 Å². The van der Waals surface area contributed by atoms with Crippen LogP contribution in [-0.2, 0) is 30.9 Å². The Morgan fingerprint density at radius 2 is 1.75 bits per heavy atom. The first kappa shape index (κ1) is 29.7. The van der Waals surface area contributed by atoms with Gasteiger partial charge in [-0.2, -0.15) is 26.6 Å². The van der Waals surface area contributed by atoms with Crippen LogP contribution in [0.4, 0.5) is 19.1 Å². The molecule has 36 heavy (non-hydrogen) atoms. The first-order valence-corrected chi connectivity index (χ1v) is 12.9. The summed E-state index contributed by atoms with van der Waals surface area (Å²) < 4.78 is 81.4. The summed E-state index contributed by atoms with van der Waals surface area (Å²) in [6.45, 7) is 7.00. The molecule has 3 rings (SSSR count). The molecular weight excluding hydrogens is 503 g/mol. The highest BCUT2D eigenvalue weighted by Gasteiger charge is 2.49. The number of hydrogen-bond acceptors (Lipinski definition) is 9. The van der Waals surface area contributed by atoms with E-state index in [1.807, 2.05) is 6.07 Å². The Kier molecular flexibility index (Phi) is 11.8. The van der Waals surface area contributed by atoms with Crippen LogP contribution >= 0.6 is 0 Å². The summed E-state index contributed by atoms with van der Waals surface area (Å²) in [6, 6.07) is 8.02. The average Bonchev–Trinajstić information content (AvgIpc) is 2.86. The van der Waals surface area contributed by atoms with E-state index in [2.05, 4.69) is 28.0 Å². The minimum Gasteiger partial charge on any atom is -0.382 e. The smallest absolute Gasteiger partial charge is 0.382 e. The van der Waals surface area contributed by atoms with Crippen LogP contribution in [0.3, 0.4) is 0 Å². The molecule has 0 unspecified atom stereocenters. The van der Waals surface area contributed by atoms with E-state index in [4.69, 9.17) is 14.2 Å². The van der Waals surface area contributed by atoms with Crippen molar-refractivity contribution < 1.29 is 40.0 Å². The predicted molar refractivity (Wildman–Crippen MR) is 128 cm³/mol. The first-order chi connectivity index (χ1) is 17.1. The van der Waals surface area contributed by atoms with Crippen LogP contribution in [0.5, 0.6) is 5.88 Å². The van der Waals surface area contributed by atoms with Gasteiger partial charge in [0.1, 0.15) is 0 Å². The van der Waals surface area contributed by atoms with Gasteiger partial charge in [-0.05, 0) is 11.6 Å². The Morgan fingerprint density at radius 3 is 2.36 bits per heavy atom. The van der Waals surface area contributed by atoms with Crippen LogP contribution in [0.2, 0.25) is 0 Å². The summed E-state index contributed by atoms with van der Waals surface area (Å²) in [7, 11) is -4.33. The Labute approximate surface area is 209 Å². The molecule has 0 aliphatic carbocycles. The summed E-state index contributed by atoms with van der Waals surface area (Å²) in [5.74, 6) is -0.685. The molecule has 1 aromatic heterocycles. The third kappa shape index (κ3) is 9.19. The number of halogens is 3. The fourth-order valence-electron chi connectivity index (χ4n) is 2.82. The second-order valence-electron chi connectivity index (χ2n) is 7.72. The normalized spacial score (nSPS) is 14.2. The number of anilines is 1. The van der Waals surface area contributed by atoms with E-state index in [1.165, 1.54) is 12.8 Å². The maximum Gasteiger partial charge on any atom is 0.534 e. The van der Waals surface area contributed by atoms with Crippen LogP contribution in [0.25, 0.3) is 11.3 Å². The van der Waals surface area contributed by atoms with Crippen LogP contribution in [0.1, 0.15) is 32.3 Å². The molecule has 9 nitrogen and oxygen atoms in total. The molecule has 0 saturated carbocycles. The van der Waals surface area contributed by atoms with Gasteiger partial charge in [0.15, 0.2) is 0 Å². The van der Waals surface area contributed by atoms with Gasteiger partial charge in [-0.3, -0.25) is 0 Å². The minimum atomic E-state index is -5.89. The average molecular weight is 536 g/mol. The molecule has 0 radical (unpaired) electrons. The Balaban J connectivity index is 0.00000106. The van der Waals surface area contributed by atoms with Crippen molar-refractivity contribution in [3.8, 4) is 17.1 Å². The van der Waals surface area contributed by atoms with Crippen molar-refractivity contribution in [1.29, 1.82) is 0 Å². The first-order valence-electron chi connectivity index (χ1n) is 11.5. The lowest BCUT2D eigenvalue weighted by Crippen LogP contribution is -2.37. The molecule has 13 heteroatoms. The molecule has 1 fully saturated rings. The Morgan fingerprint density at radius 1 is 1.06 bits per heavy atom. The van der Waals surface area contributed by atoms with Gasteiger partial charge in [-0.1, -0.05) is 44.9 Å². The van der Waals surface area contributed by atoms with Crippen LogP contribution in [0.15, 0.2) is 30.3 Å². The van der Waals surface area contributed by atoms with Crippen molar-refractivity contribution in [3.05, 3.63) is 35.9 Å². The van der Waals surface area contributed by atoms with Crippen molar-refractivity contribution in [2.24, 2.45) is 0 Å². The topological polar surface area (TPSA) is 100 Å². The lowest BCUT2D eigenvalue weighted by Gasteiger charge is -2.27. The molecular formula is C23H32F3N3O6S. The van der Waals surface area contributed by atoms with E-state index in [9.17, 15) is 21.6 Å². The summed E-state index contributed by atoms with van der Waals surface area (Å²) in [6.07, 6.45) is 2.64. The number of ether oxygens (including phenoxy) is 3. The molecule has 0 N–H and O–H groups in total. The molecule has 1 aromatic carbocycles. The molecule has 2 aromatic rings. The van der Waals surface area contributed by atoms with Crippen molar-refractivity contribution in [2.75, 3.05) is 51.5 Å². The third-order valence-corrected chi connectivity index (χ3v) is 5.84. The van der Waals surface area contributed by atoms with Gasteiger partial charge in [-0.25, -0.2) is 4.98 Å². The van der Waals surface area contributed by atoms with Gasteiger partial charge in [0.2, 0.25) is 11.8 Å². The molecule has 2 heterocycles. The van der Waals surface area contributed by atoms with Crippen LogP contribution < -0.4 is 9.08 Å². The predicted octanol–water partition coefficient (Wildman–Crippen LogP) is 4.18. The maximum absolute atomic E-state index is 12.8. The molecule has 1 aliphatic heterocycles. The quantitative estimate of drug-likeness (QED) is 0.252. The summed E-state index contributed by atoms with van der Waals surface area (Å²) >= 11 is 0. The fourth-order valence-corrected chi connectivity index (χ4v) is 3.23. The Hall–Kier alpha value is -2.48. The third-order valence-electron chi connectivity index (χ3n) is 4.89. The Bertz CT molecular complexity index is 1050. The second kappa shape index (κ2) is 14.3. The van der Waals surface area contributed by atoms with E-state index in [0.717, 1.165) is 11.6 Å². The number of aromatic nitrogens is 2. The summed E-state index contributed by atoms with van der Waals surface area (Å²) in [4.78, 5) is 9.98. The number of benzene rings is 1. The number of alkyl halides is 3. The highest BCUT2D eigenvalue weighted by Crippen LogP contribution is 2.30. The zero-order valence-electron chi connectivity index (χ0n) is 20.6. The SMILES string of the molecule is CCCC.COCCOCc1cccc(-c2cc(OS(=O)(=O)C(F)(F)F)nc(N3CCOCC3)n2)c1. The van der Waals surface area contributed by atoms with Crippen molar-refractivity contribution in [3.63, 3.8) is 0 Å².